The molecule has 1 atom stereocenters. The molecule has 0 aromatic carbocycles. The van der Waals surface area contributed by atoms with Gasteiger partial charge in [-0.1, -0.05) is 0 Å². The summed E-state index contributed by atoms with van der Waals surface area (Å²) in [5.41, 5.74) is -0.0203. The molecule has 0 radical (unpaired) electrons. The monoisotopic (exact) mass is 320 g/mol. The zero-order valence-electron chi connectivity index (χ0n) is 13.8. The minimum atomic E-state index is -0.122. The fourth-order valence-electron chi connectivity index (χ4n) is 6.20. The van der Waals surface area contributed by atoms with Gasteiger partial charge in [0, 0.05) is 12.1 Å². The number of hydrogen-bond donors (Lipinski definition) is 2. The van der Waals surface area contributed by atoms with Gasteiger partial charge in [-0.2, -0.15) is 0 Å². The van der Waals surface area contributed by atoms with Crippen molar-refractivity contribution in [1.82, 2.24) is 10.2 Å². The Labute approximate surface area is 137 Å². The molecule has 4 aliphatic carbocycles. The van der Waals surface area contributed by atoms with Gasteiger partial charge in [0.25, 0.3) is 0 Å². The number of rotatable bonds is 4. The molecule has 5 fully saturated rings. The summed E-state index contributed by atoms with van der Waals surface area (Å²) in [5, 5.41) is 12.6. The maximum Gasteiger partial charge on any atom is 0.232 e. The van der Waals surface area contributed by atoms with E-state index in [4.69, 9.17) is 0 Å². The molecule has 4 saturated carbocycles. The van der Waals surface area contributed by atoms with Gasteiger partial charge in [0.1, 0.15) is 6.42 Å². The topological polar surface area (TPSA) is 69.6 Å². The lowest BCUT2D eigenvalue weighted by atomic mass is 9.53. The van der Waals surface area contributed by atoms with Crippen LogP contribution in [0.1, 0.15) is 57.8 Å². The van der Waals surface area contributed by atoms with Crippen LogP contribution < -0.4 is 5.32 Å². The van der Waals surface area contributed by atoms with Gasteiger partial charge in [-0.05, 0) is 69.1 Å². The predicted molar refractivity (Wildman–Crippen MR) is 85.5 cm³/mol. The number of nitrogens with zero attached hydrogens (tertiary/aromatic N) is 1. The van der Waals surface area contributed by atoms with Gasteiger partial charge in [0.05, 0.1) is 12.6 Å². The second-order valence-electron chi connectivity index (χ2n) is 8.49. The smallest absolute Gasteiger partial charge is 0.232 e. The number of amides is 2. The van der Waals surface area contributed by atoms with Crippen molar-refractivity contribution in [3.05, 3.63) is 0 Å². The molecule has 2 N–H and O–H groups in total. The van der Waals surface area contributed by atoms with E-state index in [1.165, 1.54) is 19.3 Å². The van der Waals surface area contributed by atoms with E-state index in [0.717, 1.165) is 49.9 Å². The van der Waals surface area contributed by atoms with Crippen molar-refractivity contribution in [1.29, 1.82) is 0 Å². The van der Waals surface area contributed by atoms with E-state index in [-0.39, 0.29) is 36.4 Å². The molecule has 1 saturated heterocycles. The van der Waals surface area contributed by atoms with E-state index in [1.54, 1.807) is 4.90 Å². The summed E-state index contributed by atoms with van der Waals surface area (Å²) >= 11 is 0. The molecule has 4 bridgehead atoms. The third-order valence-electron chi connectivity index (χ3n) is 6.66. The maximum atomic E-state index is 12.5. The molecule has 128 valence electrons. The van der Waals surface area contributed by atoms with Gasteiger partial charge < -0.3 is 15.3 Å². The molecule has 5 heteroatoms. The molecule has 1 aliphatic heterocycles. The number of nitrogens with one attached hydrogen (secondary N) is 1. The molecule has 0 spiro atoms. The normalized spacial score (nSPS) is 41.3. The molecule has 1 heterocycles. The van der Waals surface area contributed by atoms with E-state index in [2.05, 4.69) is 5.32 Å². The van der Waals surface area contributed by atoms with E-state index in [1.807, 2.05) is 0 Å². The molecular weight excluding hydrogens is 292 g/mol. The first-order valence-corrected chi connectivity index (χ1v) is 9.28. The van der Waals surface area contributed by atoms with E-state index in [9.17, 15) is 14.7 Å². The molecule has 0 unspecified atom stereocenters. The van der Waals surface area contributed by atoms with Crippen molar-refractivity contribution in [2.45, 2.75) is 69.4 Å². The van der Waals surface area contributed by atoms with Crippen molar-refractivity contribution in [2.75, 3.05) is 13.2 Å². The highest BCUT2D eigenvalue weighted by molar-refractivity contribution is 5.97. The van der Waals surface area contributed by atoms with Crippen LogP contribution in [0.5, 0.6) is 0 Å². The molecule has 0 aromatic heterocycles. The second kappa shape index (κ2) is 5.76. The van der Waals surface area contributed by atoms with Gasteiger partial charge in [0.2, 0.25) is 11.8 Å². The largest absolute Gasteiger partial charge is 0.394 e. The Bertz CT molecular complexity index is 469. The molecule has 5 nitrogen and oxygen atoms in total. The van der Waals surface area contributed by atoms with Gasteiger partial charge in [-0.15, -0.1) is 0 Å². The summed E-state index contributed by atoms with van der Waals surface area (Å²) in [6.45, 7) is 0.678. The first kappa shape index (κ1) is 15.4. The zero-order valence-corrected chi connectivity index (χ0v) is 13.8. The van der Waals surface area contributed by atoms with Crippen LogP contribution in [-0.2, 0) is 9.59 Å². The molecule has 23 heavy (non-hydrogen) atoms. The molecule has 5 aliphatic rings. The lowest BCUT2D eigenvalue weighted by Crippen LogP contribution is -2.60. The fourth-order valence-corrected chi connectivity index (χ4v) is 6.20. The molecule has 2 amide bonds. The quantitative estimate of drug-likeness (QED) is 0.770. The number of aliphatic hydroxyl groups is 1. The summed E-state index contributed by atoms with van der Waals surface area (Å²) in [5.74, 6) is 2.13. The first-order valence-electron chi connectivity index (χ1n) is 9.28. The van der Waals surface area contributed by atoms with Gasteiger partial charge in [0.15, 0.2) is 0 Å². The van der Waals surface area contributed by atoms with Crippen LogP contribution in [0.2, 0.25) is 0 Å². The second-order valence-corrected chi connectivity index (χ2v) is 8.49. The van der Waals surface area contributed by atoms with E-state index in [0.29, 0.717) is 6.54 Å². The first-order chi connectivity index (χ1) is 11.1. The summed E-state index contributed by atoms with van der Waals surface area (Å²) in [7, 11) is 0. The lowest BCUT2D eigenvalue weighted by molar-refractivity contribution is -0.139. The summed E-state index contributed by atoms with van der Waals surface area (Å²) in [6, 6.07) is -0.0881. The Hall–Kier alpha value is -1.10. The fraction of sp³-hybridized carbons (Fsp3) is 0.889. The number of hydrogen-bond acceptors (Lipinski definition) is 3. The lowest BCUT2D eigenvalue weighted by Gasteiger charge is -2.56. The van der Waals surface area contributed by atoms with Crippen LogP contribution in [0.25, 0.3) is 0 Å². The average Bonchev–Trinajstić information content (AvgIpc) is 2.93. The minimum Gasteiger partial charge on any atom is -0.394 e. The van der Waals surface area contributed by atoms with Crippen molar-refractivity contribution in [3.8, 4) is 0 Å². The average molecular weight is 320 g/mol. The third-order valence-corrected chi connectivity index (χ3v) is 6.66. The highest BCUT2D eigenvalue weighted by Crippen LogP contribution is 2.55. The molecule has 0 aromatic rings. The summed E-state index contributed by atoms with van der Waals surface area (Å²) in [6.07, 6.45) is 9.09. The number of carbonyl (C=O) groups is 2. The summed E-state index contributed by atoms with van der Waals surface area (Å²) < 4.78 is 0. The Balaban J connectivity index is 1.36. The van der Waals surface area contributed by atoms with E-state index >= 15 is 0 Å². The SMILES string of the molecule is O=C(CC(=O)N1CCC[C@H]1CO)NC12CC3CC(CC(C3)C1)C2. The standard InChI is InChI=1S/C18H28N2O3/c21-11-15-2-1-3-20(15)17(23)7-16(22)19-18-8-12-4-13(9-18)6-14(5-12)10-18/h12-15,21H,1-11H2,(H,19,22)/t12?,13?,14?,15-,18?/m0/s1. The number of carbonyl (C=O) groups excluding carboxylic acids is 2. The van der Waals surface area contributed by atoms with Crippen LogP contribution in [0.4, 0.5) is 0 Å². The third kappa shape index (κ3) is 2.88. The number of likely N-dealkylation sites (tertiary alicyclic amines) is 1. The molecule has 5 rings (SSSR count). The highest BCUT2D eigenvalue weighted by Gasteiger charge is 2.51. The van der Waals surface area contributed by atoms with Crippen molar-refractivity contribution in [2.24, 2.45) is 17.8 Å². The highest BCUT2D eigenvalue weighted by atomic mass is 16.3. The van der Waals surface area contributed by atoms with E-state index < -0.39 is 0 Å². The minimum absolute atomic E-state index is 0.00232. The van der Waals surface area contributed by atoms with Crippen LogP contribution in [0, 0.1) is 17.8 Å². The number of aliphatic hydroxyl groups excluding tert-OH is 1. The van der Waals surface area contributed by atoms with Crippen molar-refractivity contribution < 1.29 is 14.7 Å². The Morgan fingerprint density at radius 1 is 1.09 bits per heavy atom. The van der Waals surface area contributed by atoms with Crippen molar-refractivity contribution in [3.63, 3.8) is 0 Å². The maximum absolute atomic E-state index is 12.5. The van der Waals surface area contributed by atoms with Crippen molar-refractivity contribution >= 4 is 11.8 Å². The molecular formula is C18H28N2O3. The Morgan fingerprint density at radius 3 is 2.26 bits per heavy atom. The van der Waals surface area contributed by atoms with Gasteiger partial charge >= 0.3 is 0 Å². The predicted octanol–water partition coefficient (Wildman–Crippen LogP) is 1.44. The Kier molecular flexibility index (Phi) is 3.87. The van der Waals surface area contributed by atoms with Crippen LogP contribution in [0.3, 0.4) is 0 Å². The van der Waals surface area contributed by atoms with Crippen LogP contribution in [-0.4, -0.2) is 46.6 Å². The summed E-state index contributed by atoms with van der Waals surface area (Å²) in [4.78, 5) is 26.5. The zero-order chi connectivity index (χ0) is 16.0. The van der Waals surface area contributed by atoms with Crippen LogP contribution in [0.15, 0.2) is 0 Å². The van der Waals surface area contributed by atoms with Gasteiger partial charge in [-0.25, -0.2) is 0 Å². The van der Waals surface area contributed by atoms with Crippen LogP contribution >= 0.6 is 0 Å². The van der Waals surface area contributed by atoms with Gasteiger partial charge in [-0.3, -0.25) is 9.59 Å². The Morgan fingerprint density at radius 2 is 1.70 bits per heavy atom.